The van der Waals surface area contributed by atoms with E-state index >= 15 is 0 Å². The quantitative estimate of drug-likeness (QED) is 0.124. The maximum atomic E-state index is 12.9. The van der Waals surface area contributed by atoms with Crippen molar-refractivity contribution < 1.29 is 18.9 Å². The van der Waals surface area contributed by atoms with E-state index in [2.05, 4.69) is 77.9 Å². The largest absolute Gasteiger partial charge is 0.364 e. The Morgan fingerprint density at radius 1 is 0.932 bits per heavy atom. The summed E-state index contributed by atoms with van der Waals surface area (Å²) in [6.45, 7) is 18.5. The highest BCUT2D eigenvalue weighted by atomic mass is 16.5. The summed E-state index contributed by atoms with van der Waals surface area (Å²) in [5.41, 5.74) is 6.42. The zero-order valence-corrected chi connectivity index (χ0v) is 34.8. The molecule has 0 saturated carbocycles. The number of imide groups is 1. The van der Waals surface area contributed by atoms with Crippen LogP contribution in [0.4, 0.5) is 27.8 Å². The van der Waals surface area contributed by atoms with Crippen molar-refractivity contribution >= 4 is 40.9 Å². The third kappa shape index (κ3) is 9.74. The van der Waals surface area contributed by atoms with Gasteiger partial charge in [-0.15, -0.1) is 0 Å². The number of nitrogens with zero attached hydrogens (tertiary/aromatic N) is 8. The standard InChI is InChI=1S/C44H53N11O4/c1-27(2)36-25-53(18-16-30-8-11-32(12-9-30)55-19-17-39(56)50-43(55)58)20-21-54(36)33-13-15-37(45-24-33)49-38-23-35(46-26-47-38)31-10-14-34(28(3)22-31)29(4)48-40(57)41-51-42(52-59-41)44(5,6)7/h8-15,22-24,26-27,29,36H,16-21,25H2,1-7H3,(H,48,57)(H,50,56,58)(H,45,46,47,49)/t29-,36-/m1/s1. The number of aryl methyl sites for hydroxylation is 1. The van der Waals surface area contributed by atoms with Crippen molar-refractivity contribution in [3.05, 3.63) is 102 Å². The van der Waals surface area contributed by atoms with Crippen LogP contribution in [0.15, 0.2) is 77.7 Å². The van der Waals surface area contributed by atoms with Gasteiger partial charge in [-0.2, -0.15) is 4.98 Å². The SMILES string of the molecule is Cc1cc(-c2cc(Nc3ccc(N4CCN(CCc5ccc(N6CCC(=O)NC6=O)cc5)C[C@@H]4C(C)C)cn3)ncn2)ccc1[C@@H](C)NC(=O)c1nc(C(C)(C)C)no1. The van der Waals surface area contributed by atoms with Crippen LogP contribution in [-0.2, 0) is 16.6 Å². The maximum Gasteiger partial charge on any atom is 0.328 e. The lowest BCUT2D eigenvalue weighted by Gasteiger charge is -2.44. The molecule has 0 radical (unpaired) electrons. The van der Waals surface area contributed by atoms with Gasteiger partial charge in [-0.25, -0.2) is 19.7 Å². The minimum absolute atomic E-state index is 0.0551. The molecule has 2 aliphatic heterocycles. The third-order valence-electron chi connectivity index (χ3n) is 11.0. The number of rotatable bonds is 12. The topological polar surface area (TPSA) is 175 Å². The third-order valence-corrected chi connectivity index (χ3v) is 11.0. The van der Waals surface area contributed by atoms with Crippen LogP contribution in [0.2, 0.25) is 0 Å². The van der Waals surface area contributed by atoms with E-state index in [9.17, 15) is 14.4 Å². The molecule has 15 nitrogen and oxygen atoms in total. The zero-order chi connectivity index (χ0) is 41.8. The second-order valence-corrected chi connectivity index (χ2v) is 16.7. The molecule has 2 fully saturated rings. The summed E-state index contributed by atoms with van der Waals surface area (Å²) in [7, 11) is 0. The molecule has 2 atom stereocenters. The number of hydrogen-bond acceptors (Lipinski definition) is 12. The van der Waals surface area contributed by atoms with Gasteiger partial charge in [0.25, 0.3) is 0 Å². The lowest BCUT2D eigenvalue weighted by atomic mass is 9.96. The minimum atomic E-state index is -0.417. The Morgan fingerprint density at radius 3 is 2.39 bits per heavy atom. The molecule has 3 aromatic heterocycles. The van der Waals surface area contributed by atoms with Crippen molar-refractivity contribution in [2.45, 2.75) is 78.8 Å². The van der Waals surface area contributed by atoms with Gasteiger partial charge in [-0.1, -0.05) is 64.0 Å². The number of pyridine rings is 1. The molecule has 5 aromatic rings. The molecule has 3 N–H and O–H groups in total. The van der Waals surface area contributed by atoms with E-state index in [1.807, 2.05) is 83.3 Å². The molecular formula is C44H53N11O4. The minimum Gasteiger partial charge on any atom is -0.364 e. The summed E-state index contributed by atoms with van der Waals surface area (Å²) in [4.78, 5) is 61.3. The van der Waals surface area contributed by atoms with Gasteiger partial charge in [-0.05, 0) is 73.2 Å². The first-order valence-corrected chi connectivity index (χ1v) is 20.2. The van der Waals surface area contributed by atoms with Crippen molar-refractivity contribution in [2.24, 2.45) is 5.92 Å². The van der Waals surface area contributed by atoms with Gasteiger partial charge in [0, 0.05) is 67.9 Å². The van der Waals surface area contributed by atoms with Crippen LogP contribution in [0.1, 0.15) is 87.2 Å². The molecule has 7 rings (SSSR count). The smallest absolute Gasteiger partial charge is 0.328 e. The fourth-order valence-electron chi connectivity index (χ4n) is 7.53. The van der Waals surface area contributed by atoms with Gasteiger partial charge in [0.2, 0.25) is 5.91 Å². The molecule has 2 aliphatic rings. The fraction of sp³-hybridized carbons (Fsp3) is 0.409. The van der Waals surface area contributed by atoms with E-state index < -0.39 is 5.91 Å². The van der Waals surface area contributed by atoms with Crippen molar-refractivity contribution in [1.82, 2.24) is 40.6 Å². The second kappa shape index (κ2) is 17.3. The molecule has 0 spiro atoms. The van der Waals surface area contributed by atoms with Gasteiger partial charge in [0.15, 0.2) is 5.82 Å². The lowest BCUT2D eigenvalue weighted by Crippen LogP contribution is -2.55. The number of benzene rings is 2. The highest BCUT2D eigenvalue weighted by molar-refractivity contribution is 6.05. The Bertz CT molecular complexity index is 2290. The molecular weight excluding hydrogens is 747 g/mol. The number of carbonyl (C=O) groups is 3. The molecule has 308 valence electrons. The average Bonchev–Trinajstić information content (AvgIpc) is 3.73. The van der Waals surface area contributed by atoms with Crippen LogP contribution in [0.3, 0.4) is 0 Å². The van der Waals surface area contributed by atoms with Gasteiger partial charge in [0.1, 0.15) is 18.0 Å². The zero-order valence-electron chi connectivity index (χ0n) is 34.8. The predicted octanol–water partition coefficient (Wildman–Crippen LogP) is 6.60. The van der Waals surface area contributed by atoms with Crippen molar-refractivity contribution in [1.29, 1.82) is 0 Å². The van der Waals surface area contributed by atoms with E-state index in [-0.39, 0.29) is 29.3 Å². The molecule has 4 amide bonds. The molecule has 15 heteroatoms. The van der Waals surface area contributed by atoms with Crippen LogP contribution in [-0.4, -0.2) is 86.6 Å². The molecule has 5 heterocycles. The monoisotopic (exact) mass is 799 g/mol. The predicted molar refractivity (Wildman–Crippen MR) is 227 cm³/mol. The number of urea groups is 1. The number of amides is 4. The van der Waals surface area contributed by atoms with E-state index in [1.165, 1.54) is 11.9 Å². The summed E-state index contributed by atoms with van der Waals surface area (Å²) < 4.78 is 5.22. The van der Waals surface area contributed by atoms with Crippen molar-refractivity contribution in [2.75, 3.05) is 47.8 Å². The number of hydrogen-bond donors (Lipinski definition) is 3. The molecule has 2 aromatic carbocycles. The maximum absolute atomic E-state index is 12.9. The van der Waals surface area contributed by atoms with Crippen LogP contribution in [0, 0.1) is 12.8 Å². The number of piperazine rings is 1. The number of anilines is 4. The number of carbonyl (C=O) groups excluding carboxylic acids is 3. The van der Waals surface area contributed by atoms with Crippen molar-refractivity contribution in [3.63, 3.8) is 0 Å². The Hall–Kier alpha value is -6.22. The normalized spacial score (nSPS) is 16.9. The van der Waals surface area contributed by atoms with Crippen LogP contribution in [0.25, 0.3) is 11.3 Å². The summed E-state index contributed by atoms with van der Waals surface area (Å²) >= 11 is 0. The first kappa shape index (κ1) is 41.0. The summed E-state index contributed by atoms with van der Waals surface area (Å²) in [5.74, 6) is 1.53. The fourth-order valence-corrected chi connectivity index (χ4v) is 7.53. The molecule has 0 unspecified atom stereocenters. The van der Waals surface area contributed by atoms with Gasteiger partial charge in [-0.3, -0.25) is 24.7 Å². The Kier molecular flexibility index (Phi) is 12.0. The lowest BCUT2D eigenvalue weighted by molar-refractivity contribution is -0.120. The molecule has 2 saturated heterocycles. The summed E-state index contributed by atoms with van der Waals surface area (Å²) in [6.07, 6.45) is 4.69. The van der Waals surface area contributed by atoms with Crippen LogP contribution in [0.5, 0.6) is 0 Å². The second-order valence-electron chi connectivity index (χ2n) is 16.7. The van der Waals surface area contributed by atoms with Gasteiger partial charge < -0.3 is 20.1 Å². The molecule has 0 aliphatic carbocycles. The van der Waals surface area contributed by atoms with E-state index in [4.69, 9.17) is 9.51 Å². The van der Waals surface area contributed by atoms with E-state index in [0.29, 0.717) is 42.4 Å². The van der Waals surface area contributed by atoms with Crippen molar-refractivity contribution in [3.8, 4) is 11.3 Å². The first-order valence-electron chi connectivity index (χ1n) is 20.2. The highest BCUT2D eigenvalue weighted by Crippen LogP contribution is 2.29. The summed E-state index contributed by atoms with van der Waals surface area (Å²) in [6, 6.07) is 19.8. The summed E-state index contributed by atoms with van der Waals surface area (Å²) in [5, 5.41) is 12.7. The van der Waals surface area contributed by atoms with Gasteiger partial charge >= 0.3 is 17.8 Å². The van der Waals surface area contributed by atoms with Crippen LogP contribution >= 0.6 is 0 Å². The molecule has 0 bridgehead atoms. The molecule has 59 heavy (non-hydrogen) atoms. The highest BCUT2D eigenvalue weighted by Gasteiger charge is 2.30. The number of aromatic nitrogens is 5. The Labute approximate surface area is 345 Å². The Balaban J connectivity index is 0.929. The van der Waals surface area contributed by atoms with E-state index in [0.717, 1.165) is 66.4 Å². The average molecular weight is 800 g/mol. The van der Waals surface area contributed by atoms with Gasteiger partial charge in [0.05, 0.1) is 23.6 Å². The number of nitrogens with one attached hydrogen (secondary N) is 3. The Morgan fingerprint density at radius 2 is 1.71 bits per heavy atom. The van der Waals surface area contributed by atoms with Crippen LogP contribution < -0.4 is 25.8 Å². The van der Waals surface area contributed by atoms with E-state index in [1.54, 1.807) is 4.90 Å². The first-order chi connectivity index (χ1) is 28.2.